The summed E-state index contributed by atoms with van der Waals surface area (Å²) in [7, 11) is 0. The summed E-state index contributed by atoms with van der Waals surface area (Å²) in [5, 5.41) is 11.6. The van der Waals surface area contributed by atoms with E-state index in [1.165, 1.54) is 4.90 Å². The van der Waals surface area contributed by atoms with E-state index in [2.05, 4.69) is 11.2 Å². The number of aliphatic carboxylic acids is 1. The van der Waals surface area contributed by atoms with Crippen molar-refractivity contribution in [2.24, 2.45) is 0 Å². The number of carbonyl (C=O) groups excluding carboxylic acids is 2. The summed E-state index contributed by atoms with van der Waals surface area (Å²) in [5.41, 5.74) is 4.41. The molecule has 0 bridgehead atoms. The lowest BCUT2D eigenvalue weighted by atomic mass is 9.98. The van der Waals surface area contributed by atoms with Gasteiger partial charge in [-0.05, 0) is 36.1 Å². The average molecular weight is 449 g/mol. The molecule has 2 aromatic rings. The molecule has 7 heteroatoms. The first-order valence-electron chi connectivity index (χ1n) is 10.9. The fraction of sp³-hybridized carbons (Fsp3) is 0.346. The molecular weight excluding hydrogens is 420 g/mol. The van der Waals surface area contributed by atoms with Gasteiger partial charge in [-0.1, -0.05) is 48.5 Å². The van der Waals surface area contributed by atoms with Gasteiger partial charge in [0.2, 0.25) is 5.91 Å². The molecule has 7 nitrogen and oxygen atoms in total. The Hall–Kier alpha value is -3.79. The van der Waals surface area contributed by atoms with Crippen LogP contribution in [-0.2, 0) is 14.3 Å². The number of nitrogens with zero attached hydrogens (tertiary/aromatic N) is 1. The molecule has 3 rings (SSSR count). The van der Waals surface area contributed by atoms with Gasteiger partial charge < -0.3 is 20.1 Å². The zero-order valence-electron chi connectivity index (χ0n) is 18.8. The van der Waals surface area contributed by atoms with Crippen molar-refractivity contribution in [1.82, 2.24) is 10.2 Å². The minimum Gasteiger partial charge on any atom is -0.481 e. The normalized spacial score (nSPS) is 13.7. The van der Waals surface area contributed by atoms with Gasteiger partial charge in [0.15, 0.2) is 0 Å². The Morgan fingerprint density at radius 3 is 2.21 bits per heavy atom. The van der Waals surface area contributed by atoms with Crippen LogP contribution in [0, 0.1) is 12.3 Å². The highest BCUT2D eigenvalue weighted by atomic mass is 16.5. The van der Waals surface area contributed by atoms with E-state index in [4.69, 9.17) is 16.3 Å². The number of nitrogens with one attached hydrogen (secondary N) is 1. The number of alkyl carbamates (subject to hydrolysis) is 1. The molecule has 2 amide bonds. The fourth-order valence-corrected chi connectivity index (χ4v) is 4.35. The van der Waals surface area contributed by atoms with Gasteiger partial charge in [0, 0.05) is 24.9 Å². The van der Waals surface area contributed by atoms with Gasteiger partial charge in [0.1, 0.15) is 12.6 Å². The third kappa shape index (κ3) is 5.35. The monoisotopic (exact) mass is 448 g/mol. The summed E-state index contributed by atoms with van der Waals surface area (Å²) in [6, 6.07) is 14.5. The molecule has 0 spiro atoms. The highest BCUT2D eigenvalue weighted by Gasteiger charge is 2.31. The molecule has 1 aliphatic carbocycles. The number of ether oxygens (including phenoxy) is 1. The van der Waals surface area contributed by atoms with Gasteiger partial charge in [-0.2, -0.15) is 0 Å². The number of carboxylic acids is 1. The van der Waals surface area contributed by atoms with E-state index in [0.29, 0.717) is 6.54 Å². The smallest absolute Gasteiger partial charge is 0.407 e. The lowest BCUT2D eigenvalue weighted by Gasteiger charge is -2.30. The Labute approximate surface area is 193 Å². The van der Waals surface area contributed by atoms with Gasteiger partial charge in [-0.3, -0.25) is 9.59 Å². The van der Waals surface area contributed by atoms with Crippen LogP contribution < -0.4 is 5.32 Å². The first-order valence-corrected chi connectivity index (χ1v) is 10.9. The first kappa shape index (κ1) is 23.9. The molecule has 2 N–H and O–H groups in total. The van der Waals surface area contributed by atoms with Crippen LogP contribution in [0.2, 0.25) is 0 Å². The summed E-state index contributed by atoms with van der Waals surface area (Å²) in [5.74, 6) is 0.858. The Morgan fingerprint density at radius 2 is 1.70 bits per heavy atom. The largest absolute Gasteiger partial charge is 0.481 e. The van der Waals surface area contributed by atoms with Gasteiger partial charge in [0.05, 0.1) is 6.42 Å². The minimum atomic E-state index is -1.01. The van der Waals surface area contributed by atoms with Gasteiger partial charge >= 0.3 is 12.1 Å². The zero-order valence-corrected chi connectivity index (χ0v) is 18.8. The number of amides is 2. The number of benzene rings is 2. The van der Waals surface area contributed by atoms with Crippen molar-refractivity contribution >= 4 is 18.0 Å². The van der Waals surface area contributed by atoms with Crippen molar-refractivity contribution in [3.8, 4) is 23.5 Å². The predicted octanol–water partition coefficient (Wildman–Crippen LogP) is 3.63. The number of terminal acetylenes is 1. The molecule has 1 aliphatic rings. The number of rotatable bonds is 9. The standard InChI is InChI=1S/C26H28N2O5/c1-4-10-23(25(31)28(5-2)17(3)15-24(29)30)27-26(32)33-16-22-20-13-8-6-11-18(20)19-12-7-9-14-21(19)22/h1,6-9,11-14,17,22-23H,5,10,15-16H2,2-3H3,(H,27,32)(H,29,30). The Bertz CT molecular complexity index is 1030. The number of fused-ring (bicyclic) bond motifs is 3. The summed E-state index contributed by atoms with van der Waals surface area (Å²) >= 11 is 0. The van der Waals surface area contributed by atoms with Crippen molar-refractivity contribution in [2.45, 2.75) is 44.7 Å². The quantitative estimate of drug-likeness (QED) is 0.571. The summed E-state index contributed by atoms with van der Waals surface area (Å²) in [4.78, 5) is 38.0. The van der Waals surface area contributed by atoms with Crippen LogP contribution in [0.4, 0.5) is 4.79 Å². The molecule has 0 aromatic heterocycles. The van der Waals surface area contributed by atoms with E-state index in [0.717, 1.165) is 22.3 Å². The number of hydrogen-bond donors (Lipinski definition) is 2. The molecule has 0 heterocycles. The van der Waals surface area contributed by atoms with Crippen molar-refractivity contribution in [2.75, 3.05) is 13.2 Å². The summed E-state index contributed by atoms with van der Waals surface area (Å²) in [6.45, 7) is 3.80. The van der Waals surface area contributed by atoms with E-state index >= 15 is 0 Å². The lowest BCUT2D eigenvalue weighted by Crippen LogP contribution is -2.51. The van der Waals surface area contributed by atoms with Crippen molar-refractivity contribution in [1.29, 1.82) is 0 Å². The third-order valence-electron chi connectivity index (χ3n) is 5.88. The third-order valence-corrected chi connectivity index (χ3v) is 5.88. The molecule has 2 aromatic carbocycles. The molecule has 0 radical (unpaired) electrons. The molecule has 2 unspecified atom stereocenters. The molecule has 2 atom stereocenters. The fourth-order valence-electron chi connectivity index (χ4n) is 4.35. The highest BCUT2D eigenvalue weighted by Crippen LogP contribution is 2.44. The molecule has 0 aliphatic heterocycles. The van der Waals surface area contributed by atoms with Crippen molar-refractivity contribution in [3.63, 3.8) is 0 Å². The van der Waals surface area contributed by atoms with Crippen LogP contribution >= 0.6 is 0 Å². The number of likely N-dealkylation sites (N-methyl/N-ethyl adjacent to an activating group) is 1. The van der Waals surface area contributed by atoms with E-state index in [1.807, 2.05) is 48.5 Å². The second-order valence-corrected chi connectivity index (χ2v) is 8.00. The van der Waals surface area contributed by atoms with E-state index in [9.17, 15) is 14.4 Å². The molecule has 33 heavy (non-hydrogen) atoms. The van der Waals surface area contributed by atoms with Gasteiger partial charge in [0.25, 0.3) is 0 Å². The van der Waals surface area contributed by atoms with Crippen molar-refractivity contribution < 1.29 is 24.2 Å². The second-order valence-electron chi connectivity index (χ2n) is 8.00. The molecule has 0 saturated carbocycles. The van der Waals surface area contributed by atoms with E-state index < -0.39 is 30.1 Å². The highest BCUT2D eigenvalue weighted by molar-refractivity contribution is 5.86. The molecular formula is C26H28N2O5. The summed E-state index contributed by atoms with van der Waals surface area (Å²) in [6.07, 6.45) is 4.44. The maximum absolute atomic E-state index is 13.0. The first-order chi connectivity index (χ1) is 15.9. The minimum absolute atomic E-state index is 0.0285. The molecule has 0 fully saturated rings. The topological polar surface area (TPSA) is 95.9 Å². The SMILES string of the molecule is C#CCC(NC(=O)OCC1c2ccccc2-c2ccccc21)C(=O)N(CC)C(C)CC(=O)O. The van der Waals surface area contributed by atoms with E-state index in [-0.39, 0.29) is 25.4 Å². The van der Waals surface area contributed by atoms with Gasteiger partial charge in [-0.25, -0.2) is 4.79 Å². The van der Waals surface area contributed by atoms with Crippen LogP contribution in [0.25, 0.3) is 11.1 Å². The zero-order chi connectivity index (χ0) is 24.0. The van der Waals surface area contributed by atoms with Crippen LogP contribution in [0.5, 0.6) is 0 Å². The van der Waals surface area contributed by atoms with Crippen LogP contribution in [-0.4, -0.2) is 53.2 Å². The average Bonchev–Trinajstić information content (AvgIpc) is 3.11. The Kier molecular flexibility index (Phi) is 7.73. The van der Waals surface area contributed by atoms with Crippen LogP contribution in [0.15, 0.2) is 48.5 Å². The van der Waals surface area contributed by atoms with Crippen LogP contribution in [0.1, 0.15) is 43.7 Å². The number of carbonyl (C=O) groups is 3. The maximum Gasteiger partial charge on any atom is 0.407 e. The number of carboxylic acid groups (broad SMARTS) is 1. The molecule has 172 valence electrons. The number of hydrogen-bond acceptors (Lipinski definition) is 4. The molecule has 0 saturated heterocycles. The Morgan fingerprint density at radius 1 is 1.12 bits per heavy atom. The lowest BCUT2D eigenvalue weighted by molar-refractivity contribution is -0.141. The maximum atomic E-state index is 13.0. The summed E-state index contributed by atoms with van der Waals surface area (Å²) < 4.78 is 5.52. The predicted molar refractivity (Wildman–Crippen MR) is 125 cm³/mol. The second kappa shape index (κ2) is 10.7. The van der Waals surface area contributed by atoms with Crippen molar-refractivity contribution in [3.05, 3.63) is 59.7 Å². The van der Waals surface area contributed by atoms with Crippen LogP contribution in [0.3, 0.4) is 0 Å². The van der Waals surface area contributed by atoms with Gasteiger partial charge in [-0.15, -0.1) is 12.3 Å². The van der Waals surface area contributed by atoms with E-state index in [1.54, 1.807) is 13.8 Å². The Balaban J connectivity index is 1.68.